The molecule has 5 nitrogen and oxygen atoms in total. The number of sulfonamides is 1. The quantitative estimate of drug-likeness (QED) is 0.822. The molecule has 18 heavy (non-hydrogen) atoms. The van der Waals surface area contributed by atoms with Gasteiger partial charge in [0.2, 0.25) is 10.0 Å². The van der Waals surface area contributed by atoms with Crippen LogP contribution >= 0.6 is 11.3 Å². The summed E-state index contributed by atoms with van der Waals surface area (Å²) in [6.07, 6.45) is 0. The summed E-state index contributed by atoms with van der Waals surface area (Å²) in [6.45, 7) is 4.19. The number of rotatable bonds is 7. The van der Waals surface area contributed by atoms with Crippen LogP contribution in [0.2, 0.25) is 0 Å². The smallest absolute Gasteiger partial charge is 0.244 e. The van der Waals surface area contributed by atoms with Crippen LogP contribution in [0.25, 0.3) is 0 Å². The predicted octanol–water partition coefficient (Wildman–Crippen LogP) is 1.29. The number of hydrogen-bond donors (Lipinski definition) is 1. The lowest BCUT2D eigenvalue weighted by atomic mass is 10.4. The number of nitrogens with zero attached hydrogens (tertiary/aromatic N) is 1. The zero-order valence-electron chi connectivity index (χ0n) is 10.8. The zero-order chi connectivity index (χ0) is 13.8. The molecule has 0 aromatic carbocycles. The molecule has 0 aliphatic rings. The maximum Gasteiger partial charge on any atom is 0.244 e. The van der Waals surface area contributed by atoms with E-state index >= 15 is 0 Å². The van der Waals surface area contributed by atoms with Crippen molar-refractivity contribution in [2.24, 2.45) is 0 Å². The topological polar surface area (TPSA) is 66.8 Å². The summed E-state index contributed by atoms with van der Waals surface area (Å²) in [6, 6.07) is 1.38. The minimum absolute atomic E-state index is 0.136. The lowest BCUT2D eigenvalue weighted by molar-refractivity contribution is 0.171. The summed E-state index contributed by atoms with van der Waals surface area (Å²) in [5, 5.41) is 10.5. The largest absolute Gasteiger partial charge is 0.391 e. The molecule has 0 radical (unpaired) electrons. The summed E-state index contributed by atoms with van der Waals surface area (Å²) < 4.78 is 31.1. The summed E-state index contributed by atoms with van der Waals surface area (Å²) in [4.78, 5) is 0.880. The van der Waals surface area contributed by atoms with Crippen molar-refractivity contribution in [1.82, 2.24) is 4.31 Å². The zero-order valence-corrected chi connectivity index (χ0v) is 12.4. The molecule has 1 rings (SSSR count). The Labute approximate surface area is 112 Å². The Kier molecular flexibility index (Phi) is 5.74. The van der Waals surface area contributed by atoms with Gasteiger partial charge in [-0.1, -0.05) is 0 Å². The second kappa shape index (κ2) is 6.63. The molecule has 7 heteroatoms. The highest BCUT2D eigenvalue weighted by molar-refractivity contribution is 7.89. The maximum absolute atomic E-state index is 12.4. The first-order valence-electron chi connectivity index (χ1n) is 5.62. The van der Waals surface area contributed by atoms with Crippen LogP contribution in [0, 0.1) is 0 Å². The van der Waals surface area contributed by atoms with E-state index in [9.17, 15) is 8.42 Å². The molecule has 0 fully saturated rings. The molecule has 0 saturated carbocycles. The van der Waals surface area contributed by atoms with E-state index in [4.69, 9.17) is 9.84 Å². The van der Waals surface area contributed by atoms with Crippen molar-refractivity contribution in [2.45, 2.75) is 31.4 Å². The maximum atomic E-state index is 12.4. The van der Waals surface area contributed by atoms with Crippen LogP contribution < -0.4 is 0 Å². The highest BCUT2D eigenvalue weighted by atomic mass is 32.2. The van der Waals surface area contributed by atoms with Crippen molar-refractivity contribution in [3.63, 3.8) is 0 Å². The summed E-state index contributed by atoms with van der Waals surface area (Å²) in [7, 11) is -1.97. The fourth-order valence-corrected chi connectivity index (χ4v) is 4.29. The fourth-order valence-electron chi connectivity index (χ4n) is 1.55. The van der Waals surface area contributed by atoms with E-state index in [1.807, 2.05) is 13.8 Å². The van der Waals surface area contributed by atoms with Gasteiger partial charge in [-0.2, -0.15) is 4.31 Å². The van der Waals surface area contributed by atoms with E-state index in [1.54, 1.807) is 12.5 Å². The average molecular weight is 293 g/mol. The first-order valence-corrected chi connectivity index (χ1v) is 7.94. The molecule has 1 aromatic rings. The molecule has 0 saturated heterocycles. The Morgan fingerprint density at radius 3 is 2.61 bits per heavy atom. The lowest BCUT2D eigenvalue weighted by Crippen LogP contribution is -2.39. The van der Waals surface area contributed by atoms with Gasteiger partial charge in [0.1, 0.15) is 0 Å². The van der Waals surface area contributed by atoms with Crippen molar-refractivity contribution >= 4 is 21.4 Å². The Balaban J connectivity index is 3.00. The van der Waals surface area contributed by atoms with Crippen LogP contribution in [0.5, 0.6) is 0 Å². The first kappa shape index (κ1) is 15.6. The minimum Gasteiger partial charge on any atom is -0.391 e. The number of aliphatic hydroxyl groups is 1. The van der Waals surface area contributed by atoms with E-state index in [2.05, 4.69) is 0 Å². The standard InChI is InChI=1S/C11H19NO4S2/c1-9(2)12(4-5-16-3)18(14,15)11-6-10(7-13)17-8-11/h6,8-9,13H,4-5,7H2,1-3H3. The predicted molar refractivity (Wildman–Crippen MR) is 71.1 cm³/mol. The number of methoxy groups -OCH3 is 1. The Hall–Kier alpha value is -0.470. The first-order chi connectivity index (χ1) is 8.43. The molecule has 1 aromatic heterocycles. The average Bonchev–Trinajstić information content (AvgIpc) is 2.77. The molecule has 1 N–H and O–H groups in total. The molecule has 104 valence electrons. The van der Waals surface area contributed by atoms with Crippen LogP contribution in [-0.4, -0.2) is 44.1 Å². The third-order valence-corrected chi connectivity index (χ3v) is 5.61. The van der Waals surface area contributed by atoms with Gasteiger partial charge in [-0.05, 0) is 19.9 Å². The van der Waals surface area contributed by atoms with Gasteiger partial charge in [0.05, 0.1) is 18.1 Å². The number of ether oxygens (including phenoxy) is 1. The number of thiophene rings is 1. The second-order valence-corrected chi connectivity index (χ2v) is 7.00. The monoisotopic (exact) mass is 293 g/mol. The third-order valence-electron chi connectivity index (χ3n) is 2.48. The molecule has 0 aliphatic carbocycles. The van der Waals surface area contributed by atoms with Gasteiger partial charge in [0, 0.05) is 30.0 Å². The molecule has 0 bridgehead atoms. The molecule has 0 unspecified atom stereocenters. The van der Waals surface area contributed by atoms with Crippen molar-refractivity contribution in [1.29, 1.82) is 0 Å². The van der Waals surface area contributed by atoms with Crippen molar-refractivity contribution in [2.75, 3.05) is 20.3 Å². The molecule has 0 spiro atoms. The van der Waals surface area contributed by atoms with E-state index < -0.39 is 10.0 Å². The van der Waals surface area contributed by atoms with Crippen molar-refractivity contribution in [3.05, 3.63) is 16.3 Å². The molecule has 0 atom stereocenters. The van der Waals surface area contributed by atoms with Crippen LogP contribution in [0.4, 0.5) is 0 Å². The fraction of sp³-hybridized carbons (Fsp3) is 0.636. The van der Waals surface area contributed by atoms with E-state index in [0.717, 1.165) is 0 Å². The van der Waals surface area contributed by atoms with Crippen LogP contribution in [0.3, 0.4) is 0 Å². The van der Waals surface area contributed by atoms with E-state index in [1.165, 1.54) is 21.7 Å². The summed E-state index contributed by atoms with van der Waals surface area (Å²) in [5.41, 5.74) is 0. The molecule has 0 amide bonds. The summed E-state index contributed by atoms with van der Waals surface area (Å²) in [5.74, 6) is 0. The van der Waals surface area contributed by atoms with E-state index in [0.29, 0.717) is 18.0 Å². The van der Waals surface area contributed by atoms with Crippen LogP contribution in [-0.2, 0) is 21.4 Å². The number of aliphatic hydroxyl groups excluding tert-OH is 1. The Bertz CT molecular complexity index is 467. The molecular weight excluding hydrogens is 274 g/mol. The van der Waals surface area contributed by atoms with Gasteiger partial charge in [-0.25, -0.2) is 8.42 Å². The molecule has 0 aliphatic heterocycles. The van der Waals surface area contributed by atoms with Gasteiger partial charge in [-0.15, -0.1) is 11.3 Å². The molecular formula is C11H19NO4S2. The number of hydrogen-bond acceptors (Lipinski definition) is 5. The van der Waals surface area contributed by atoms with Crippen molar-refractivity contribution in [3.8, 4) is 0 Å². The Morgan fingerprint density at radius 2 is 2.17 bits per heavy atom. The highest BCUT2D eigenvalue weighted by Gasteiger charge is 2.27. The minimum atomic E-state index is -3.51. The van der Waals surface area contributed by atoms with Crippen LogP contribution in [0.15, 0.2) is 16.3 Å². The van der Waals surface area contributed by atoms with Gasteiger partial charge >= 0.3 is 0 Å². The van der Waals surface area contributed by atoms with Gasteiger partial charge in [0.25, 0.3) is 0 Å². The van der Waals surface area contributed by atoms with Gasteiger partial charge in [0.15, 0.2) is 0 Å². The Morgan fingerprint density at radius 1 is 1.50 bits per heavy atom. The second-order valence-electron chi connectivity index (χ2n) is 4.11. The molecule has 1 heterocycles. The SMILES string of the molecule is COCCN(C(C)C)S(=O)(=O)c1csc(CO)c1. The van der Waals surface area contributed by atoms with Crippen LogP contribution in [0.1, 0.15) is 18.7 Å². The lowest BCUT2D eigenvalue weighted by Gasteiger charge is -2.25. The summed E-state index contributed by atoms with van der Waals surface area (Å²) >= 11 is 1.24. The normalized spacial score (nSPS) is 12.6. The third kappa shape index (κ3) is 3.52. The van der Waals surface area contributed by atoms with E-state index in [-0.39, 0.29) is 17.5 Å². The van der Waals surface area contributed by atoms with Gasteiger partial charge < -0.3 is 9.84 Å². The highest BCUT2D eigenvalue weighted by Crippen LogP contribution is 2.23. The van der Waals surface area contributed by atoms with Gasteiger partial charge in [-0.3, -0.25) is 0 Å². The van der Waals surface area contributed by atoms with Crippen molar-refractivity contribution < 1.29 is 18.3 Å².